The minimum absolute atomic E-state index is 0.386. The van der Waals surface area contributed by atoms with E-state index in [1.54, 1.807) is 0 Å². The molecule has 2 aromatic rings. The van der Waals surface area contributed by atoms with Crippen LogP contribution < -0.4 is 0 Å². The second-order valence-corrected chi connectivity index (χ2v) is 7.17. The molecule has 1 aliphatic heterocycles. The van der Waals surface area contributed by atoms with Crippen LogP contribution in [0.5, 0.6) is 0 Å². The number of ether oxygens (including phenoxy) is 1. The summed E-state index contributed by atoms with van der Waals surface area (Å²) in [4.78, 5) is 7.92. The maximum Gasteiger partial charge on any atom is 0.166 e. The van der Waals surface area contributed by atoms with Gasteiger partial charge < -0.3 is 9.72 Å². The van der Waals surface area contributed by atoms with E-state index in [9.17, 15) is 0 Å². The molecule has 0 saturated carbocycles. The number of hydrogen-bond acceptors (Lipinski definition) is 3. The number of rotatable bonds is 5. The highest BCUT2D eigenvalue weighted by Crippen LogP contribution is 2.43. The molecule has 1 atom stereocenters. The van der Waals surface area contributed by atoms with Gasteiger partial charge >= 0.3 is 0 Å². The summed E-state index contributed by atoms with van der Waals surface area (Å²) in [6.45, 7) is 3.85. The van der Waals surface area contributed by atoms with Gasteiger partial charge in [0.15, 0.2) is 5.16 Å². The van der Waals surface area contributed by atoms with E-state index >= 15 is 0 Å². The van der Waals surface area contributed by atoms with Gasteiger partial charge in [-0.1, -0.05) is 42.4 Å². The second-order valence-electron chi connectivity index (χ2n) is 5.61. The van der Waals surface area contributed by atoms with Crippen LogP contribution in [0.1, 0.15) is 36.3 Å². The van der Waals surface area contributed by atoms with Crippen molar-refractivity contribution in [2.45, 2.75) is 36.6 Å². The Morgan fingerprint density at radius 2 is 2.05 bits per heavy atom. The third-order valence-electron chi connectivity index (χ3n) is 4.12. The Morgan fingerprint density at radius 1 is 1.32 bits per heavy atom. The molecule has 1 aliphatic rings. The molecule has 5 heteroatoms. The van der Waals surface area contributed by atoms with Crippen molar-refractivity contribution in [1.82, 2.24) is 9.97 Å². The van der Waals surface area contributed by atoms with Crippen LogP contribution in [0.15, 0.2) is 35.6 Å². The molecule has 0 unspecified atom stereocenters. The molecule has 0 spiro atoms. The van der Waals surface area contributed by atoms with Crippen molar-refractivity contribution in [3.05, 3.63) is 46.7 Å². The standard InChI is InChI=1S/C17H21ClN2OS/c1-2-15-11-19-17(20-15)22-16(13-7-9-21-10-8-13)12-3-5-14(18)6-4-12/h3-6,11,13,16H,2,7-10H2,1H3,(H,19,20)/t16-/m1/s1. The lowest BCUT2D eigenvalue weighted by Gasteiger charge is -2.29. The van der Waals surface area contributed by atoms with Crippen molar-refractivity contribution < 1.29 is 4.74 Å². The number of aromatic nitrogens is 2. The molecule has 0 bridgehead atoms. The first-order chi connectivity index (χ1) is 10.8. The molecule has 2 heterocycles. The first-order valence-electron chi connectivity index (χ1n) is 7.80. The Labute approximate surface area is 140 Å². The topological polar surface area (TPSA) is 37.9 Å². The highest BCUT2D eigenvalue weighted by molar-refractivity contribution is 7.99. The van der Waals surface area contributed by atoms with Crippen LogP contribution in [0.2, 0.25) is 5.02 Å². The molecule has 1 saturated heterocycles. The van der Waals surface area contributed by atoms with Gasteiger partial charge in [-0.2, -0.15) is 0 Å². The monoisotopic (exact) mass is 336 g/mol. The lowest BCUT2D eigenvalue weighted by Crippen LogP contribution is -2.20. The zero-order valence-corrected chi connectivity index (χ0v) is 14.3. The fourth-order valence-corrected chi connectivity index (χ4v) is 4.23. The van der Waals surface area contributed by atoms with Gasteiger partial charge in [-0.3, -0.25) is 0 Å². The summed E-state index contributed by atoms with van der Waals surface area (Å²) in [5, 5.41) is 2.17. The van der Waals surface area contributed by atoms with Crippen molar-refractivity contribution in [3.8, 4) is 0 Å². The molecule has 3 nitrogen and oxygen atoms in total. The van der Waals surface area contributed by atoms with Gasteiger partial charge in [0.1, 0.15) is 0 Å². The number of benzene rings is 1. The molecule has 118 valence electrons. The quantitative estimate of drug-likeness (QED) is 0.790. The van der Waals surface area contributed by atoms with Gasteiger partial charge in [0, 0.05) is 35.4 Å². The van der Waals surface area contributed by atoms with Gasteiger partial charge in [-0.05, 0) is 42.9 Å². The molecule has 1 aromatic heterocycles. The van der Waals surface area contributed by atoms with Gasteiger partial charge in [-0.15, -0.1) is 0 Å². The molecule has 0 amide bonds. The molecular formula is C17H21ClN2OS. The Kier molecular flexibility index (Phi) is 5.45. The van der Waals surface area contributed by atoms with Crippen molar-refractivity contribution >= 4 is 23.4 Å². The average Bonchev–Trinajstić information content (AvgIpc) is 3.02. The fourth-order valence-electron chi connectivity index (χ4n) is 2.81. The average molecular weight is 337 g/mol. The number of aromatic amines is 1. The predicted molar refractivity (Wildman–Crippen MR) is 91.6 cm³/mol. The van der Waals surface area contributed by atoms with Crippen molar-refractivity contribution in [1.29, 1.82) is 0 Å². The number of aryl methyl sites for hydroxylation is 1. The van der Waals surface area contributed by atoms with Crippen LogP contribution in [0.25, 0.3) is 0 Å². The largest absolute Gasteiger partial charge is 0.381 e. The minimum atomic E-state index is 0.386. The Balaban J connectivity index is 1.82. The normalized spacial score (nSPS) is 17.5. The number of nitrogens with one attached hydrogen (secondary N) is 1. The lowest BCUT2D eigenvalue weighted by atomic mass is 9.92. The van der Waals surface area contributed by atoms with Crippen LogP contribution in [-0.2, 0) is 11.2 Å². The highest BCUT2D eigenvalue weighted by Gasteiger charge is 2.27. The van der Waals surface area contributed by atoms with E-state index in [1.165, 1.54) is 11.3 Å². The fraction of sp³-hybridized carbons (Fsp3) is 0.471. The predicted octanol–water partition coefficient (Wildman–Crippen LogP) is 4.89. The van der Waals surface area contributed by atoms with E-state index in [2.05, 4.69) is 29.0 Å². The van der Waals surface area contributed by atoms with Gasteiger partial charge in [0.25, 0.3) is 0 Å². The Morgan fingerprint density at radius 3 is 2.68 bits per heavy atom. The van der Waals surface area contributed by atoms with E-state index in [1.807, 2.05) is 30.1 Å². The van der Waals surface area contributed by atoms with Gasteiger partial charge in [-0.25, -0.2) is 4.98 Å². The maximum absolute atomic E-state index is 6.04. The molecule has 0 aliphatic carbocycles. The van der Waals surface area contributed by atoms with Crippen molar-refractivity contribution in [2.75, 3.05) is 13.2 Å². The zero-order valence-electron chi connectivity index (χ0n) is 12.7. The third-order valence-corrected chi connectivity index (χ3v) is 5.71. The number of thioether (sulfide) groups is 1. The number of nitrogens with zero attached hydrogens (tertiary/aromatic N) is 1. The number of H-pyrrole nitrogens is 1. The van der Waals surface area contributed by atoms with Gasteiger partial charge in [0.05, 0.1) is 0 Å². The van der Waals surface area contributed by atoms with Crippen LogP contribution >= 0.6 is 23.4 Å². The summed E-state index contributed by atoms with van der Waals surface area (Å²) >= 11 is 7.86. The van der Waals surface area contributed by atoms with E-state index in [4.69, 9.17) is 16.3 Å². The van der Waals surface area contributed by atoms with Crippen molar-refractivity contribution in [3.63, 3.8) is 0 Å². The number of imidazole rings is 1. The molecule has 0 radical (unpaired) electrons. The molecule has 1 fully saturated rings. The van der Waals surface area contributed by atoms with Crippen LogP contribution in [-0.4, -0.2) is 23.2 Å². The third kappa shape index (κ3) is 3.86. The summed E-state index contributed by atoms with van der Waals surface area (Å²) < 4.78 is 5.52. The highest BCUT2D eigenvalue weighted by atomic mass is 35.5. The SMILES string of the molecule is CCc1cnc(S[C@H](c2ccc(Cl)cc2)C2CCOCC2)[nH]1. The molecule has 1 N–H and O–H groups in total. The summed E-state index contributed by atoms with van der Waals surface area (Å²) in [6.07, 6.45) is 5.12. The summed E-state index contributed by atoms with van der Waals surface area (Å²) in [5.74, 6) is 0.607. The first kappa shape index (κ1) is 15.9. The van der Waals surface area contributed by atoms with Crippen LogP contribution in [0.4, 0.5) is 0 Å². The summed E-state index contributed by atoms with van der Waals surface area (Å²) in [5.41, 5.74) is 2.50. The Bertz CT molecular complexity index is 593. The molecule has 3 rings (SSSR count). The summed E-state index contributed by atoms with van der Waals surface area (Å²) in [6, 6.07) is 8.23. The van der Waals surface area contributed by atoms with E-state index in [0.29, 0.717) is 11.2 Å². The maximum atomic E-state index is 6.04. The molecule has 1 aromatic carbocycles. The van der Waals surface area contributed by atoms with E-state index in [-0.39, 0.29) is 0 Å². The number of hydrogen-bond donors (Lipinski definition) is 1. The Hall–Kier alpha value is -0.970. The first-order valence-corrected chi connectivity index (χ1v) is 9.05. The van der Waals surface area contributed by atoms with Crippen LogP contribution in [0, 0.1) is 5.92 Å². The van der Waals surface area contributed by atoms with E-state index in [0.717, 1.165) is 42.7 Å². The molecular weight excluding hydrogens is 316 g/mol. The zero-order chi connectivity index (χ0) is 15.4. The molecule has 22 heavy (non-hydrogen) atoms. The smallest absolute Gasteiger partial charge is 0.166 e. The van der Waals surface area contributed by atoms with Crippen LogP contribution in [0.3, 0.4) is 0 Å². The lowest BCUT2D eigenvalue weighted by molar-refractivity contribution is 0.0656. The van der Waals surface area contributed by atoms with E-state index < -0.39 is 0 Å². The summed E-state index contributed by atoms with van der Waals surface area (Å²) in [7, 11) is 0. The van der Waals surface area contributed by atoms with Crippen molar-refractivity contribution in [2.24, 2.45) is 5.92 Å². The number of halogens is 1. The second kappa shape index (κ2) is 7.53. The van der Waals surface area contributed by atoms with Gasteiger partial charge in [0.2, 0.25) is 0 Å². The minimum Gasteiger partial charge on any atom is -0.381 e.